The van der Waals surface area contributed by atoms with Gasteiger partial charge in [-0.15, -0.1) is 0 Å². The first kappa shape index (κ1) is 47.4. The largest absolute Gasteiger partial charge is 0.506 e. The Hall–Kier alpha value is -3.02. The van der Waals surface area contributed by atoms with Crippen molar-refractivity contribution < 1.29 is 14.3 Å². The number of hydrogen-bond donors (Lipinski definition) is 2. The molecule has 0 radical (unpaired) electrons. The number of nitrogens with zero attached hydrogens (tertiary/aromatic N) is 2. The number of Topliss-reactive ketones (excluding diaryl/α,β-unsaturated/α-hetero) is 1. The maximum absolute atomic E-state index is 13.1. The predicted molar refractivity (Wildman–Crippen MR) is 241 cm³/mol. The van der Waals surface area contributed by atoms with E-state index in [2.05, 4.69) is 29.1 Å². The number of aliphatic imine (C=N–C) groups is 1. The summed E-state index contributed by atoms with van der Waals surface area (Å²) >= 11 is 0. The van der Waals surface area contributed by atoms with Crippen LogP contribution in [0.15, 0.2) is 52.5 Å². The fourth-order valence-corrected chi connectivity index (χ4v) is 7.88. The van der Waals surface area contributed by atoms with Crippen LogP contribution in [-0.2, 0) is 9.22 Å². The summed E-state index contributed by atoms with van der Waals surface area (Å²) in [5.41, 5.74) is 2.39. The molecule has 56 heavy (non-hydrogen) atoms. The van der Waals surface area contributed by atoms with Crippen LogP contribution in [0.4, 0.5) is 5.69 Å². The number of carbonyl (C=O) groups excluding carboxylic acids is 2. The van der Waals surface area contributed by atoms with Crippen LogP contribution in [-0.4, -0.2) is 41.0 Å². The summed E-state index contributed by atoms with van der Waals surface area (Å²) in [5.74, 6) is 0.430. The Morgan fingerprint density at radius 2 is 1.00 bits per heavy atom. The van der Waals surface area contributed by atoms with Crippen molar-refractivity contribution in [3.63, 3.8) is 0 Å². The zero-order valence-electron chi connectivity index (χ0n) is 36.2. The van der Waals surface area contributed by atoms with E-state index in [1.165, 1.54) is 193 Å². The van der Waals surface area contributed by atoms with Gasteiger partial charge in [0.25, 0.3) is 6.61 Å². The summed E-state index contributed by atoms with van der Waals surface area (Å²) in [4.78, 5) is 22.0. The third-order valence-corrected chi connectivity index (χ3v) is 11.6. The number of hydrogen-bond acceptors (Lipinski definition) is 5. The molecule has 6 heteroatoms. The molecule has 314 valence electrons. The minimum atomic E-state index is -0.224. The number of carbonyl (C=O) groups is 1. The van der Waals surface area contributed by atoms with Crippen LogP contribution >= 0.6 is 0 Å². The fourth-order valence-electron chi connectivity index (χ4n) is 7.88. The highest BCUT2D eigenvalue weighted by Gasteiger charge is 2.38. The van der Waals surface area contributed by atoms with Crippen LogP contribution in [0.25, 0.3) is 5.57 Å². The number of aromatic nitrogens is 1. The van der Waals surface area contributed by atoms with Crippen LogP contribution in [0, 0.1) is 0 Å². The summed E-state index contributed by atoms with van der Waals surface area (Å²) in [5, 5.41) is 14.3. The number of rotatable bonds is 36. The molecule has 6 nitrogen and oxygen atoms in total. The second-order valence-electron chi connectivity index (χ2n) is 16.6. The standard InChI is InChI=1S/C50H81N3O3/c1-3-5-7-9-11-13-15-17-19-21-23-25-27-29-31-33-39-51-43-35-37-45(52-41-43)47-49(54)48(50(47)55)46-38-36-44(42-53-46)56-40-34-32-30-28-26-24-22-20-18-16-14-12-10-8-6-4-2/h35-38,41-42,51H,3-34,39-40H2,1-2H3/p+1. The minimum Gasteiger partial charge on any atom is -0.506 e. The highest BCUT2D eigenvalue weighted by molar-refractivity contribution is 6.39. The number of pyridine rings is 1. The average Bonchev–Trinajstić information content (AvgIpc) is 3.21. The summed E-state index contributed by atoms with van der Waals surface area (Å²) in [6, 6.07) is 3.74. The van der Waals surface area contributed by atoms with Crippen LogP contribution in [0.3, 0.4) is 0 Å². The molecule has 2 aliphatic rings. The van der Waals surface area contributed by atoms with Crippen molar-refractivity contribution in [2.75, 3.05) is 18.5 Å². The van der Waals surface area contributed by atoms with Crippen LogP contribution < -0.4 is 5.32 Å². The molecule has 2 heterocycles. The van der Waals surface area contributed by atoms with E-state index < -0.39 is 0 Å². The highest BCUT2D eigenvalue weighted by Crippen LogP contribution is 2.38. The van der Waals surface area contributed by atoms with Gasteiger partial charge in [0.1, 0.15) is 12.0 Å². The van der Waals surface area contributed by atoms with E-state index in [1.54, 1.807) is 24.6 Å². The molecule has 0 atom stereocenters. The zero-order chi connectivity index (χ0) is 39.7. The van der Waals surface area contributed by atoms with Gasteiger partial charge >= 0.3 is 5.78 Å². The van der Waals surface area contributed by atoms with Crippen LogP contribution in [0.2, 0.25) is 0 Å². The van der Waals surface area contributed by atoms with Gasteiger partial charge in [0.05, 0.1) is 34.4 Å². The smallest absolute Gasteiger partial charge is 0.361 e. The van der Waals surface area contributed by atoms with Crippen molar-refractivity contribution in [3.8, 4) is 0 Å². The van der Waals surface area contributed by atoms with E-state index in [0.717, 1.165) is 25.1 Å². The van der Waals surface area contributed by atoms with Crippen molar-refractivity contribution >= 4 is 29.0 Å². The molecule has 3 rings (SSSR count). The van der Waals surface area contributed by atoms with Gasteiger partial charge in [-0.2, -0.15) is 0 Å². The molecular formula is C50H82N3O3+. The maximum Gasteiger partial charge on any atom is 0.361 e. The Morgan fingerprint density at radius 3 is 1.39 bits per heavy atom. The van der Waals surface area contributed by atoms with Gasteiger partial charge in [-0.05, 0) is 31.1 Å². The third-order valence-electron chi connectivity index (χ3n) is 11.6. The molecule has 1 aromatic rings. The third kappa shape index (κ3) is 20.4. The van der Waals surface area contributed by atoms with Gasteiger partial charge in [-0.3, -0.25) is 14.2 Å². The monoisotopic (exact) mass is 773 g/mol. The lowest BCUT2D eigenvalue weighted by Gasteiger charge is -2.22. The number of nitrogens with one attached hydrogen (secondary N) is 1. The van der Waals surface area contributed by atoms with Crippen LogP contribution in [0.1, 0.15) is 225 Å². The van der Waals surface area contributed by atoms with E-state index in [1.807, 2.05) is 12.1 Å². The summed E-state index contributed by atoms with van der Waals surface area (Å²) in [6.07, 6.45) is 50.5. The molecule has 0 aromatic carbocycles. The van der Waals surface area contributed by atoms with E-state index in [0.29, 0.717) is 23.8 Å². The Morgan fingerprint density at radius 1 is 0.554 bits per heavy atom. The van der Waals surface area contributed by atoms with Gasteiger partial charge in [0, 0.05) is 19.0 Å². The first-order chi connectivity index (χ1) is 27.7. The molecule has 0 amide bonds. The highest BCUT2D eigenvalue weighted by atomic mass is 16.4. The number of aliphatic hydroxyl groups is 1. The van der Waals surface area contributed by atoms with Gasteiger partial charge in [0.2, 0.25) is 5.78 Å². The number of dihydropyridines is 1. The molecule has 0 unspecified atom stereocenters. The molecule has 2 N–H and O–H groups in total. The van der Waals surface area contributed by atoms with Gasteiger partial charge in [-0.25, -0.2) is 4.99 Å². The molecule has 0 saturated heterocycles. The Kier molecular flexibility index (Phi) is 27.1. The first-order valence-corrected chi connectivity index (χ1v) is 23.8. The van der Waals surface area contributed by atoms with E-state index >= 15 is 0 Å². The number of allylic oxidation sites excluding steroid dienone is 4. The van der Waals surface area contributed by atoms with Crippen molar-refractivity contribution in [2.24, 2.45) is 4.99 Å². The lowest BCUT2D eigenvalue weighted by Crippen LogP contribution is -2.23. The Labute approximate surface area is 343 Å². The Bertz CT molecular complexity index is 1320. The summed E-state index contributed by atoms with van der Waals surface area (Å²) < 4.78 is 5.91. The van der Waals surface area contributed by atoms with Gasteiger partial charge in [0.15, 0.2) is 0 Å². The quantitative estimate of drug-likeness (QED) is 0.0404. The SMILES string of the molecule is CCCCCCCCCCCCCCCCCCNc1ccc(C2=C(O)/C(=C3C=C/C(=[O+]\CCCCCCCCCCCCCCCCCC)C=N\3)C2=O)nc1. The Balaban J connectivity index is 1.19. The summed E-state index contributed by atoms with van der Waals surface area (Å²) in [7, 11) is 0. The van der Waals surface area contributed by atoms with Crippen LogP contribution in [0.5, 0.6) is 0 Å². The summed E-state index contributed by atoms with van der Waals surface area (Å²) in [6.45, 7) is 6.15. The molecule has 1 aliphatic heterocycles. The second kappa shape index (κ2) is 32.0. The second-order valence-corrected chi connectivity index (χ2v) is 16.6. The predicted octanol–water partition coefficient (Wildman–Crippen LogP) is 14.9. The minimum absolute atomic E-state index is 0.0364. The van der Waals surface area contributed by atoms with Crippen molar-refractivity contribution in [1.82, 2.24) is 4.98 Å². The van der Waals surface area contributed by atoms with E-state index in [9.17, 15) is 9.90 Å². The molecular weight excluding hydrogens is 691 g/mol. The lowest BCUT2D eigenvalue weighted by atomic mass is 9.84. The maximum atomic E-state index is 13.1. The van der Waals surface area contributed by atoms with E-state index in [4.69, 9.17) is 4.42 Å². The van der Waals surface area contributed by atoms with E-state index in [-0.39, 0.29) is 22.7 Å². The molecule has 0 bridgehead atoms. The molecule has 1 aromatic heterocycles. The number of aliphatic hydroxyl groups excluding tert-OH is 1. The molecule has 0 saturated carbocycles. The van der Waals surface area contributed by atoms with Crippen molar-refractivity contribution in [2.45, 2.75) is 219 Å². The normalized spacial score (nSPS) is 16.0. The van der Waals surface area contributed by atoms with Crippen molar-refractivity contribution in [3.05, 3.63) is 53.2 Å². The number of ketones is 2. The zero-order valence-corrected chi connectivity index (χ0v) is 36.2. The average molecular weight is 773 g/mol. The van der Waals surface area contributed by atoms with Crippen molar-refractivity contribution in [1.29, 1.82) is 0 Å². The molecule has 0 spiro atoms. The number of anilines is 1. The van der Waals surface area contributed by atoms with Gasteiger partial charge in [-0.1, -0.05) is 200 Å². The number of unbranched alkanes of at least 4 members (excludes halogenated alkanes) is 30. The molecule has 1 aliphatic carbocycles. The molecule has 0 fully saturated rings. The topological polar surface area (TPSA) is 85.9 Å². The van der Waals surface area contributed by atoms with Gasteiger partial charge < -0.3 is 10.4 Å². The fraction of sp³-hybridized carbons (Fsp3) is 0.720. The lowest BCUT2D eigenvalue weighted by molar-refractivity contribution is -0.454. The first-order valence-electron chi connectivity index (χ1n) is 23.8.